The monoisotopic (exact) mass is 349 g/mol. The number of rotatable bonds is 7. The van der Waals surface area contributed by atoms with Gasteiger partial charge in [-0.1, -0.05) is 6.07 Å². The maximum atomic E-state index is 12.3. The molecule has 0 aromatic carbocycles. The molecular formula is C12H20N3O5PS. The largest absolute Gasteiger partial charge is 0.349 e. The van der Waals surface area contributed by atoms with E-state index in [0.717, 1.165) is 4.90 Å². The van der Waals surface area contributed by atoms with E-state index < -0.39 is 19.5 Å². The fourth-order valence-electron chi connectivity index (χ4n) is 1.51. The summed E-state index contributed by atoms with van der Waals surface area (Å²) in [7, 11) is -1.94. The van der Waals surface area contributed by atoms with E-state index in [9.17, 15) is 14.2 Å². The van der Waals surface area contributed by atoms with Crippen LogP contribution < -0.4 is 10.9 Å². The van der Waals surface area contributed by atoms with Crippen molar-refractivity contribution in [3.8, 4) is 0 Å². The van der Waals surface area contributed by atoms with Gasteiger partial charge < -0.3 is 13.9 Å². The van der Waals surface area contributed by atoms with E-state index in [1.165, 1.54) is 18.4 Å². The Morgan fingerprint density at radius 3 is 2.41 bits per heavy atom. The quantitative estimate of drug-likeness (QED) is 0.581. The van der Waals surface area contributed by atoms with Crippen LogP contribution in [0.15, 0.2) is 17.5 Å². The Morgan fingerprint density at radius 1 is 1.27 bits per heavy atom. The maximum absolute atomic E-state index is 12.3. The second kappa shape index (κ2) is 8.89. The Bertz CT molecular complexity index is 527. The van der Waals surface area contributed by atoms with Gasteiger partial charge in [-0.05, 0) is 25.3 Å². The molecule has 3 amide bonds. The van der Waals surface area contributed by atoms with Gasteiger partial charge in [-0.15, -0.1) is 11.3 Å². The van der Waals surface area contributed by atoms with Gasteiger partial charge in [0.15, 0.2) is 0 Å². The molecule has 0 unspecified atom stereocenters. The number of amides is 3. The molecule has 10 heteroatoms. The highest BCUT2D eigenvalue weighted by molar-refractivity contribution is 7.53. The summed E-state index contributed by atoms with van der Waals surface area (Å²) in [6, 6.07) is 2.74. The Balaban J connectivity index is 2.50. The van der Waals surface area contributed by atoms with E-state index in [0.29, 0.717) is 4.88 Å². The molecule has 22 heavy (non-hydrogen) atoms. The van der Waals surface area contributed by atoms with Crippen molar-refractivity contribution in [3.05, 3.63) is 22.4 Å². The normalized spacial score (nSPS) is 11.0. The predicted molar refractivity (Wildman–Crippen MR) is 83.8 cm³/mol. The van der Waals surface area contributed by atoms with Crippen molar-refractivity contribution < 1.29 is 23.2 Å². The molecule has 2 N–H and O–H groups in total. The van der Waals surface area contributed by atoms with E-state index >= 15 is 0 Å². The molecule has 0 fully saturated rings. The molecule has 0 aliphatic carbocycles. The van der Waals surface area contributed by atoms with Crippen molar-refractivity contribution in [1.82, 2.24) is 15.8 Å². The lowest BCUT2D eigenvalue weighted by Crippen LogP contribution is -2.47. The summed E-state index contributed by atoms with van der Waals surface area (Å²) in [5.41, 5.74) is 4.51. The lowest BCUT2D eigenvalue weighted by molar-refractivity contribution is 0.0936. The molecular weight excluding hydrogens is 329 g/mol. The van der Waals surface area contributed by atoms with Crippen molar-refractivity contribution in [2.45, 2.75) is 13.8 Å². The van der Waals surface area contributed by atoms with Gasteiger partial charge in [-0.25, -0.2) is 10.2 Å². The third-order valence-electron chi connectivity index (χ3n) is 2.41. The minimum atomic E-state index is -3.37. The summed E-state index contributed by atoms with van der Waals surface area (Å²) in [6.45, 7) is 3.80. The van der Waals surface area contributed by atoms with Gasteiger partial charge in [-0.3, -0.25) is 14.8 Å². The van der Waals surface area contributed by atoms with Gasteiger partial charge in [0.1, 0.15) is 6.29 Å². The molecule has 1 aromatic heterocycles. The molecule has 8 nitrogen and oxygen atoms in total. The molecule has 0 bridgehead atoms. The third-order valence-corrected chi connectivity index (χ3v) is 5.35. The molecule has 0 aliphatic heterocycles. The van der Waals surface area contributed by atoms with Gasteiger partial charge in [0.05, 0.1) is 18.1 Å². The molecule has 0 saturated carbocycles. The lowest BCUT2D eigenvalue weighted by atomic mass is 10.4. The highest BCUT2D eigenvalue weighted by Crippen LogP contribution is 2.48. The standard InChI is InChI=1S/C12H20N3O5PS/c1-4-19-21(18,20-5-2)9-15(3)12(17)14-13-11(16)10-7-6-8-22-10/h6-8H,4-5,9H2,1-3H3,(H,13,16)(H,14,17). The zero-order chi connectivity index (χ0) is 16.6. The van der Waals surface area contributed by atoms with Gasteiger partial charge in [-0.2, -0.15) is 0 Å². The Morgan fingerprint density at radius 2 is 1.91 bits per heavy atom. The number of urea groups is 1. The van der Waals surface area contributed by atoms with Crippen molar-refractivity contribution >= 4 is 30.9 Å². The number of carbonyl (C=O) groups excluding carboxylic acids is 2. The first-order valence-corrected chi connectivity index (χ1v) is 9.25. The van der Waals surface area contributed by atoms with Crippen LogP contribution in [-0.4, -0.2) is 43.4 Å². The van der Waals surface area contributed by atoms with Crippen molar-refractivity contribution in [1.29, 1.82) is 0 Å². The van der Waals surface area contributed by atoms with E-state index in [1.807, 2.05) is 0 Å². The summed E-state index contributed by atoms with van der Waals surface area (Å²) in [6.07, 6.45) is -0.213. The van der Waals surface area contributed by atoms with E-state index in [-0.39, 0.29) is 19.5 Å². The van der Waals surface area contributed by atoms with Crippen LogP contribution >= 0.6 is 18.9 Å². The minimum Gasteiger partial charge on any atom is -0.314 e. The molecule has 0 saturated heterocycles. The first kappa shape index (κ1) is 18.6. The van der Waals surface area contributed by atoms with Crippen LogP contribution in [0.1, 0.15) is 23.5 Å². The average molecular weight is 349 g/mol. The molecule has 0 aliphatic rings. The zero-order valence-electron chi connectivity index (χ0n) is 12.7. The van der Waals surface area contributed by atoms with Crippen LogP contribution in [0.5, 0.6) is 0 Å². The molecule has 0 radical (unpaired) electrons. The van der Waals surface area contributed by atoms with Gasteiger partial charge in [0.2, 0.25) is 0 Å². The topological polar surface area (TPSA) is 97.0 Å². The molecule has 0 atom stereocenters. The van der Waals surface area contributed by atoms with Crippen LogP contribution in [0.2, 0.25) is 0 Å². The average Bonchev–Trinajstić information content (AvgIpc) is 2.98. The number of hydrogen-bond acceptors (Lipinski definition) is 6. The fourth-order valence-corrected chi connectivity index (χ4v) is 3.80. The zero-order valence-corrected chi connectivity index (χ0v) is 14.4. The number of hydrogen-bond donors (Lipinski definition) is 2. The highest BCUT2D eigenvalue weighted by Gasteiger charge is 2.28. The highest BCUT2D eigenvalue weighted by atomic mass is 32.1. The Labute approximate surface area is 133 Å². The lowest BCUT2D eigenvalue weighted by Gasteiger charge is -2.23. The van der Waals surface area contributed by atoms with Gasteiger partial charge in [0, 0.05) is 7.05 Å². The predicted octanol–water partition coefficient (Wildman–Crippen LogP) is 2.26. The number of nitrogens with zero attached hydrogens (tertiary/aromatic N) is 1. The Kier molecular flexibility index (Phi) is 7.53. The van der Waals surface area contributed by atoms with Crippen molar-refractivity contribution in [2.24, 2.45) is 0 Å². The minimum absolute atomic E-state index is 0.210. The van der Waals surface area contributed by atoms with Gasteiger partial charge >= 0.3 is 13.6 Å². The summed E-state index contributed by atoms with van der Waals surface area (Å²) in [5, 5.41) is 1.75. The fraction of sp³-hybridized carbons (Fsp3) is 0.500. The molecule has 0 spiro atoms. The van der Waals surface area contributed by atoms with Crippen LogP contribution in [0.25, 0.3) is 0 Å². The van der Waals surface area contributed by atoms with E-state index in [1.54, 1.807) is 31.4 Å². The summed E-state index contributed by atoms with van der Waals surface area (Å²) in [4.78, 5) is 25.2. The Hall–Kier alpha value is -1.41. The van der Waals surface area contributed by atoms with Crippen LogP contribution in [0.3, 0.4) is 0 Å². The first-order valence-electron chi connectivity index (χ1n) is 6.65. The van der Waals surface area contributed by atoms with E-state index in [2.05, 4.69) is 10.9 Å². The van der Waals surface area contributed by atoms with Crippen LogP contribution in [-0.2, 0) is 13.6 Å². The summed E-state index contributed by atoms with van der Waals surface area (Å²) >= 11 is 1.25. The second-order valence-electron chi connectivity index (χ2n) is 4.15. The van der Waals surface area contributed by atoms with Gasteiger partial charge in [0.25, 0.3) is 5.91 Å². The summed E-state index contributed by atoms with van der Waals surface area (Å²) in [5.74, 6) is -0.422. The smallest absolute Gasteiger partial charge is 0.314 e. The second-order valence-corrected chi connectivity index (χ2v) is 7.12. The molecule has 1 aromatic rings. The number of thiophene rings is 1. The molecule has 1 heterocycles. The van der Waals surface area contributed by atoms with E-state index in [4.69, 9.17) is 9.05 Å². The maximum Gasteiger partial charge on any atom is 0.349 e. The third kappa shape index (κ3) is 5.76. The first-order chi connectivity index (χ1) is 10.4. The SMILES string of the molecule is CCOP(=O)(CN(C)C(=O)NNC(=O)c1cccs1)OCC. The molecule has 1 rings (SSSR count). The number of nitrogens with one attached hydrogen (secondary N) is 2. The number of hydrazine groups is 1. The van der Waals surface area contributed by atoms with Crippen LogP contribution in [0.4, 0.5) is 4.79 Å². The van der Waals surface area contributed by atoms with Crippen molar-refractivity contribution in [2.75, 3.05) is 26.5 Å². The summed E-state index contributed by atoms with van der Waals surface area (Å²) < 4.78 is 22.5. The molecule has 124 valence electrons. The van der Waals surface area contributed by atoms with Crippen molar-refractivity contribution in [3.63, 3.8) is 0 Å². The number of carbonyl (C=O) groups is 2. The van der Waals surface area contributed by atoms with Crippen LogP contribution in [0, 0.1) is 0 Å².